The molecule has 1 rings (SSSR count). The largest absolute Gasteiger partial charge is 0.356 e. The van der Waals surface area contributed by atoms with Crippen LogP contribution in [0, 0.1) is 0 Å². The van der Waals surface area contributed by atoms with Crippen LogP contribution in [0.1, 0.15) is 19.2 Å². The SMILES string of the molecule is CCC(=O)NCCc1ncno1. The number of nitrogens with zero attached hydrogens (tertiary/aromatic N) is 2. The van der Waals surface area contributed by atoms with E-state index in [1.54, 1.807) is 0 Å². The van der Waals surface area contributed by atoms with Crippen molar-refractivity contribution in [2.45, 2.75) is 19.8 Å². The molecule has 1 heterocycles. The molecular weight excluding hydrogens is 158 g/mol. The maximum atomic E-state index is 10.8. The maximum Gasteiger partial charge on any atom is 0.228 e. The molecule has 0 unspecified atom stereocenters. The Morgan fingerprint density at radius 3 is 3.17 bits per heavy atom. The van der Waals surface area contributed by atoms with E-state index in [1.165, 1.54) is 6.33 Å². The topological polar surface area (TPSA) is 68.0 Å². The molecule has 0 saturated heterocycles. The minimum atomic E-state index is 0.0366. The Morgan fingerprint density at radius 1 is 1.75 bits per heavy atom. The molecule has 0 aliphatic rings. The first kappa shape index (κ1) is 8.70. The minimum absolute atomic E-state index is 0.0366. The summed E-state index contributed by atoms with van der Waals surface area (Å²) in [5, 5.41) is 6.15. The number of hydrogen-bond acceptors (Lipinski definition) is 4. The molecule has 0 aliphatic heterocycles. The predicted molar refractivity (Wildman–Crippen MR) is 41.3 cm³/mol. The van der Waals surface area contributed by atoms with Gasteiger partial charge >= 0.3 is 0 Å². The van der Waals surface area contributed by atoms with Crippen molar-refractivity contribution >= 4 is 5.91 Å². The monoisotopic (exact) mass is 169 g/mol. The van der Waals surface area contributed by atoms with E-state index >= 15 is 0 Å². The molecule has 1 amide bonds. The van der Waals surface area contributed by atoms with Crippen molar-refractivity contribution in [2.24, 2.45) is 0 Å². The first-order valence-corrected chi connectivity index (χ1v) is 3.85. The normalized spacial score (nSPS) is 9.75. The summed E-state index contributed by atoms with van der Waals surface area (Å²) in [5.74, 6) is 0.584. The number of carbonyl (C=O) groups is 1. The highest BCUT2D eigenvalue weighted by Crippen LogP contribution is 1.90. The lowest BCUT2D eigenvalue weighted by atomic mass is 10.4. The van der Waals surface area contributed by atoms with Gasteiger partial charge in [-0.15, -0.1) is 0 Å². The average molecular weight is 169 g/mol. The minimum Gasteiger partial charge on any atom is -0.356 e. The standard InChI is InChI=1S/C7H11N3O2/c1-2-6(11)8-4-3-7-9-5-10-12-7/h5H,2-4H2,1H3,(H,8,11). The number of amides is 1. The number of hydrogen-bond donors (Lipinski definition) is 1. The molecule has 1 aromatic rings. The van der Waals surface area contributed by atoms with E-state index in [1.807, 2.05) is 6.92 Å². The Hall–Kier alpha value is -1.39. The summed E-state index contributed by atoms with van der Waals surface area (Å²) < 4.78 is 4.74. The van der Waals surface area contributed by atoms with Gasteiger partial charge in [0.15, 0.2) is 6.33 Å². The number of nitrogens with one attached hydrogen (secondary N) is 1. The zero-order valence-electron chi connectivity index (χ0n) is 6.91. The lowest BCUT2D eigenvalue weighted by Gasteiger charge is -1.98. The predicted octanol–water partition coefficient (Wildman–Crippen LogP) is 0.138. The first-order valence-electron chi connectivity index (χ1n) is 3.85. The molecule has 12 heavy (non-hydrogen) atoms. The molecule has 0 atom stereocenters. The summed E-state index contributed by atoms with van der Waals surface area (Å²) in [4.78, 5) is 14.6. The molecule has 0 bridgehead atoms. The molecule has 0 saturated carbocycles. The van der Waals surface area contributed by atoms with Crippen molar-refractivity contribution in [1.29, 1.82) is 0 Å². The Balaban J connectivity index is 2.15. The van der Waals surface area contributed by atoms with Gasteiger partial charge in [0.2, 0.25) is 11.8 Å². The fourth-order valence-electron chi connectivity index (χ4n) is 0.740. The zero-order chi connectivity index (χ0) is 8.81. The van der Waals surface area contributed by atoms with E-state index in [4.69, 9.17) is 4.52 Å². The summed E-state index contributed by atoms with van der Waals surface area (Å²) in [6, 6.07) is 0. The van der Waals surface area contributed by atoms with Crippen LogP contribution in [0.15, 0.2) is 10.9 Å². The molecule has 0 radical (unpaired) electrons. The van der Waals surface area contributed by atoms with Crippen LogP contribution >= 0.6 is 0 Å². The highest BCUT2D eigenvalue weighted by Gasteiger charge is 1.99. The molecule has 1 N–H and O–H groups in total. The van der Waals surface area contributed by atoms with Crippen LogP contribution < -0.4 is 5.32 Å². The molecule has 0 fully saturated rings. The molecule has 66 valence electrons. The van der Waals surface area contributed by atoms with Crippen LogP contribution in [0.4, 0.5) is 0 Å². The molecule has 5 heteroatoms. The van der Waals surface area contributed by atoms with Gasteiger partial charge in [-0.1, -0.05) is 12.1 Å². The van der Waals surface area contributed by atoms with Crippen LogP contribution in [0.2, 0.25) is 0 Å². The lowest BCUT2D eigenvalue weighted by molar-refractivity contribution is -0.120. The third kappa shape index (κ3) is 2.69. The molecule has 0 spiro atoms. The smallest absolute Gasteiger partial charge is 0.228 e. The molecule has 1 aromatic heterocycles. The second-order valence-electron chi connectivity index (χ2n) is 2.29. The summed E-state index contributed by atoms with van der Waals surface area (Å²) >= 11 is 0. The highest BCUT2D eigenvalue weighted by atomic mass is 16.5. The van der Waals surface area contributed by atoms with E-state index in [-0.39, 0.29) is 5.91 Å². The van der Waals surface area contributed by atoms with Crippen LogP contribution in [-0.4, -0.2) is 22.6 Å². The van der Waals surface area contributed by atoms with Gasteiger partial charge in [-0.25, -0.2) is 0 Å². The third-order valence-corrected chi connectivity index (χ3v) is 1.39. The molecule has 0 aromatic carbocycles. The van der Waals surface area contributed by atoms with E-state index in [0.29, 0.717) is 25.3 Å². The Kier molecular flexibility index (Phi) is 3.25. The number of rotatable bonds is 4. The molecule has 0 aliphatic carbocycles. The lowest BCUT2D eigenvalue weighted by Crippen LogP contribution is -2.24. The van der Waals surface area contributed by atoms with Gasteiger partial charge < -0.3 is 9.84 Å². The van der Waals surface area contributed by atoms with Gasteiger partial charge in [0.1, 0.15) is 0 Å². The molecule has 5 nitrogen and oxygen atoms in total. The van der Waals surface area contributed by atoms with Crippen LogP contribution in [0.3, 0.4) is 0 Å². The fourth-order valence-corrected chi connectivity index (χ4v) is 0.740. The average Bonchev–Trinajstić information content (AvgIpc) is 2.57. The Bertz CT molecular complexity index is 233. The van der Waals surface area contributed by atoms with Crippen molar-refractivity contribution in [3.63, 3.8) is 0 Å². The quantitative estimate of drug-likeness (QED) is 0.696. The van der Waals surface area contributed by atoms with E-state index in [9.17, 15) is 4.79 Å². The van der Waals surface area contributed by atoms with Gasteiger partial charge in [-0.05, 0) is 0 Å². The van der Waals surface area contributed by atoms with Crippen molar-refractivity contribution in [3.05, 3.63) is 12.2 Å². The maximum absolute atomic E-state index is 10.8. The zero-order valence-corrected chi connectivity index (χ0v) is 6.91. The van der Waals surface area contributed by atoms with E-state index in [0.717, 1.165) is 0 Å². The summed E-state index contributed by atoms with van der Waals surface area (Å²) in [6.45, 7) is 2.36. The van der Waals surface area contributed by atoms with E-state index < -0.39 is 0 Å². The highest BCUT2D eigenvalue weighted by molar-refractivity contribution is 5.75. The van der Waals surface area contributed by atoms with Crippen LogP contribution in [0.25, 0.3) is 0 Å². The molecular formula is C7H11N3O2. The van der Waals surface area contributed by atoms with Crippen LogP contribution in [-0.2, 0) is 11.2 Å². The van der Waals surface area contributed by atoms with Crippen LogP contribution in [0.5, 0.6) is 0 Å². The number of carbonyl (C=O) groups excluding carboxylic acids is 1. The van der Waals surface area contributed by atoms with E-state index in [2.05, 4.69) is 15.5 Å². The Morgan fingerprint density at radius 2 is 2.58 bits per heavy atom. The third-order valence-electron chi connectivity index (χ3n) is 1.39. The van der Waals surface area contributed by atoms with Crippen molar-refractivity contribution in [1.82, 2.24) is 15.5 Å². The summed E-state index contributed by atoms with van der Waals surface area (Å²) in [5.41, 5.74) is 0. The van der Waals surface area contributed by atoms with Gasteiger partial charge in [0.25, 0.3) is 0 Å². The van der Waals surface area contributed by atoms with Gasteiger partial charge in [-0.3, -0.25) is 4.79 Å². The van der Waals surface area contributed by atoms with Crippen molar-refractivity contribution < 1.29 is 9.32 Å². The summed E-state index contributed by atoms with van der Waals surface area (Å²) in [7, 11) is 0. The number of aromatic nitrogens is 2. The van der Waals surface area contributed by atoms with Gasteiger partial charge in [0, 0.05) is 19.4 Å². The van der Waals surface area contributed by atoms with Gasteiger partial charge in [0.05, 0.1) is 0 Å². The second-order valence-corrected chi connectivity index (χ2v) is 2.29. The fraction of sp³-hybridized carbons (Fsp3) is 0.571. The second kappa shape index (κ2) is 4.48. The summed E-state index contributed by atoms with van der Waals surface area (Å²) in [6.07, 6.45) is 2.44. The van der Waals surface area contributed by atoms with Gasteiger partial charge in [-0.2, -0.15) is 4.98 Å². The first-order chi connectivity index (χ1) is 5.83. The van der Waals surface area contributed by atoms with Crippen molar-refractivity contribution in [3.8, 4) is 0 Å². The van der Waals surface area contributed by atoms with Crippen molar-refractivity contribution in [2.75, 3.05) is 6.54 Å². The Labute approximate surface area is 70.2 Å².